The summed E-state index contributed by atoms with van der Waals surface area (Å²) in [5, 5.41) is 11.6. The second-order valence-corrected chi connectivity index (χ2v) is 6.43. The number of likely N-dealkylation sites (tertiary alicyclic amines) is 1. The second kappa shape index (κ2) is 6.08. The van der Waals surface area contributed by atoms with E-state index in [1.807, 2.05) is 23.1 Å². The Morgan fingerprint density at radius 1 is 1.27 bits per heavy atom. The van der Waals surface area contributed by atoms with Gasteiger partial charge in [0, 0.05) is 17.8 Å². The molecule has 4 N–H and O–H groups in total. The van der Waals surface area contributed by atoms with Crippen LogP contribution in [0.1, 0.15) is 31.2 Å². The molecule has 118 valence electrons. The van der Waals surface area contributed by atoms with Crippen molar-refractivity contribution < 1.29 is 4.79 Å². The molecule has 1 amide bonds. The molecular formula is C17H24N4O. The highest BCUT2D eigenvalue weighted by Gasteiger charge is 2.44. The maximum absolute atomic E-state index is 12.9. The van der Waals surface area contributed by atoms with Crippen LogP contribution in [-0.2, 0) is 4.79 Å². The van der Waals surface area contributed by atoms with E-state index in [4.69, 9.17) is 11.1 Å². The van der Waals surface area contributed by atoms with Crippen molar-refractivity contribution in [3.05, 3.63) is 29.8 Å². The van der Waals surface area contributed by atoms with E-state index in [2.05, 4.69) is 5.32 Å². The Morgan fingerprint density at radius 2 is 2.00 bits per heavy atom. The molecule has 0 saturated carbocycles. The molecule has 2 saturated heterocycles. The van der Waals surface area contributed by atoms with Gasteiger partial charge >= 0.3 is 0 Å². The van der Waals surface area contributed by atoms with Crippen molar-refractivity contribution in [2.24, 2.45) is 5.41 Å². The fourth-order valence-corrected chi connectivity index (χ4v) is 3.72. The first-order chi connectivity index (χ1) is 10.6. The number of hydrogen-bond donors (Lipinski definition) is 3. The largest absolute Gasteiger partial charge is 0.398 e. The Hall–Kier alpha value is -1.88. The van der Waals surface area contributed by atoms with Gasteiger partial charge in [-0.15, -0.1) is 0 Å². The van der Waals surface area contributed by atoms with Crippen LogP contribution in [0.5, 0.6) is 0 Å². The molecule has 2 aliphatic heterocycles. The average Bonchev–Trinajstić information content (AvgIpc) is 2.53. The lowest BCUT2D eigenvalue weighted by Crippen LogP contribution is -2.54. The minimum Gasteiger partial charge on any atom is -0.398 e. The number of anilines is 1. The van der Waals surface area contributed by atoms with Crippen molar-refractivity contribution in [3.8, 4) is 0 Å². The third-order valence-corrected chi connectivity index (χ3v) is 5.02. The number of nitrogen functional groups attached to an aromatic ring is 1. The summed E-state index contributed by atoms with van der Waals surface area (Å²) in [4.78, 5) is 14.8. The van der Waals surface area contributed by atoms with Gasteiger partial charge in [0.25, 0.3) is 0 Å². The lowest BCUT2D eigenvalue weighted by molar-refractivity contribution is -0.147. The fraction of sp³-hybridized carbons (Fsp3) is 0.529. The van der Waals surface area contributed by atoms with Gasteiger partial charge in [-0.2, -0.15) is 0 Å². The van der Waals surface area contributed by atoms with Crippen LogP contribution in [0.4, 0.5) is 5.69 Å². The van der Waals surface area contributed by atoms with E-state index in [0.29, 0.717) is 17.9 Å². The van der Waals surface area contributed by atoms with Gasteiger partial charge in [-0.3, -0.25) is 4.79 Å². The molecule has 2 heterocycles. The topological polar surface area (TPSA) is 82.2 Å². The Morgan fingerprint density at radius 3 is 2.73 bits per heavy atom. The third-order valence-electron chi connectivity index (χ3n) is 5.02. The molecule has 1 spiro atoms. The number of nitrogens with two attached hydrogens (primary N) is 1. The van der Waals surface area contributed by atoms with Gasteiger partial charge in [0.15, 0.2) is 0 Å². The summed E-state index contributed by atoms with van der Waals surface area (Å²) in [6.45, 7) is 2.96. The Bertz CT molecular complexity index is 572. The molecule has 5 heteroatoms. The van der Waals surface area contributed by atoms with Gasteiger partial charge in [-0.05, 0) is 44.8 Å². The standard InChI is InChI=1S/C17H24N4O/c18-14-5-2-1-4-13(14)15(19)12-21-11-3-6-17(16(21)22)7-9-20-10-8-17/h1-2,4-5,19-20H,3,6-12,18H2. The molecule has 2 fully saturated rings. The quantitative estimate of drug-likeness (QED) is 0.586. The molecule has 0 bridgehead atoms. The van der Waals surface area contributed by atoms with E-state index in [-0.39, 0.29) is 11.3 Å². The number of benzene rings is 1. The molecule has 3 rings (SSSR count). The second-order valence-electron chi connectivity index (χ2n) is 6.43. The number of hydrogen-bond acceptors (Lipinski definition) is 4. The van der Waals surface area contributed by atoms with E-state index in [9.17, 15) is 4.79 Å². The number of carbonyl (C=O) groups is 1. The summed E-state index contributed by atoms with van der Waals surface area (Å²) in [5.74, 6) is 0.236. The summed E-state index contributed by atoms with van der Waals surface area (Å²) >= 11 is 0. The van der Waals surface area contributed by atoms with Crippen molar-refractivity contribution in [2.75, 3.05) is 31.9 Å². The first-order valence-electron chi connectivity index (χ1n) is 8.05. The van der Waals surface area contributed by atoms with Gasteiger partial charge < -0.3 is 21.4 Å². The Kier molecular flexibility index (Phi) is 4.16. The van der Waals surface area contributed by atoms with Crippen LogP contribution in [0.15, 0.2) is 24.3 Å². The maximum Gasteiger partial charge on any atom is 0.229 e. The zero-order valence-electron chi connectivity index (χ0n) is 12.9. The van der Waals surface area contributed by atoms with Gasteiger partial charge in [-0.25, -0.2) is 0 Å². The molecule has 2 aliphatic rings. The van der Waals surface area contributed by atoms with Crippen molar-refractivity contribution in [1.29, 1.82) is 5.41 Å². The van der Waals surface area contributed by atoms with Crippen LogP contribution in [0.3, 0.4) is 0 Å². The number of piperidine rings is 2. The van der Waals surface area contributed by atoms with E-state index >= 15 is 0 Å². The minimum atomic E-state index is -0.188. The van der Waals surface area contributed by atoms with Gasteiger partial charge in [0.1, 0.15) is 0 Å². The molecule has 0 unspecified atom stereocenters. The predicted molar refractivity (Wildman–Crippen MR) is 88.0 cm³/mol. The molecule has 0 radical (unpaired) electrons. The Balaban J connectivity index is 1.73. The summed E-state index contributed by atoms with van der Waals surface area (Å²) < 4.78 is 0. The first kappa shape index (κ1) is 15.0. The van der Waals surface area contributed by atoms with E-state index < -0.39 is 0 Å². The van der Waals surface area contributed by atoms with E-state index in [1.54, 1.807) is 6.07 Å². The smallest absolute Gasteiger partial charge is 0.229 e. The van der Waals surface area contributed by atoms with Gasteiger partial charge in [0.2, 0.25) is 5.91 Å². The molecule has 22 heavy (non-hydrogen) atoms. The summed E-state index contributed by atoms with van der Waals surface area (Å²) in [6, 6.07) is 7.40. The zero-order chi connectivity index (χ0) is 15.6. The average molecular weight is 300 g/mol. The fourth-order valence-electron chi connectivity index (χ4n) is 3.72. The van der Waals surface area contributed by atoms with Crippen molar-refractivity contribution in [1.82, 2.24) is 10.2 Å². The SMILES string of the molecule is N=C(CN1CCCC2(CCNCC2)C1=O)c1ccccc1N. The molecule has 0 atom stereocenters. The first-order valence-corrected chi connectivity index (χ1v) is 8.05. The predicted octanol–water partition coefficient (Wildman–Crippen LogP) is 1.63. The van der Waals surface area contributed by atoms with Crippen LogP contribution >= 0.6 is 0 Å². The summed E-state index contributed by atoms with van der Waals surface area (Å²) in [6.07, 6.45) is 3.86. The van der Waals surface area contributed by atoms with Gasteiger partial charge in [0.05, 0.1) is 17.7 Å². The number of para-hydroxylation sites is 1. The van der Waals surface area contributed by atoms with Crippen molar-refractivity contribution >= 4 is 17.3 Å². The van der Waals surface area contributed by atoms with Gasteiger partial charge in [-0.1, -0.05) is 18.2 Å². The highest BCUT2D eigenvalue weighted by molar-refractivity contribution is 6.05. The number of rotatable bonds is 3. The van der Waals surface area contributed by atoms with Crippen LogP contribution < -0.4 is 11.1 Å². The summed E-state index contributed by atoms with van der Waals surface area (Å²) in [5.41, 5.74) is 7.53. The van der Waals surface area contributed by atoms with E-state index in [0.717, 1.165) is 50.9 Å². The molecular weight excluding hydrogens is 276 g/mol. The summed E-state index contributed by atoms with van der Waals surface area (Å²) in [7, 11) is 0. The molecule has 0 aromatic heterocycles. The zero-order valence-corrected chi connectivity index (χ0v) is 12.9. The molecule has 1 aromatic rings. The normalized spacial score (nSPS) is 21.1. The molecule has 0 aliphatic carbocycles. The molecule has 1 aromatic carbocycles. The highest BCUT2D eigenvalue weighted by atomic mass is 16.2. The Labute approximate surface area is 131 Å². The number of nitrogens with zero attached hydrogens (tertiary/aromatic N) is 1. The molecule has 5 nitrogen and oxygen atoms in total. The van der Waals surface area contributed by atoms with Crippen LogP contribution in [0.2, 0.25) is 0 Å². The van der Waals surface area contributed by atoms with Crippen LogP contribution in [-0.4, -0.2) is 42.7 Å². The monoisotopic (exact) mass is 300 g/mol. The van der Waals surface area contributed by atoms with E-state index in [1.165, 1.54) is 0 Å². The van der Waals surface area contributed by atoms with Crippen molar-refractivity contribution in [2.45, 2.75) is 25.7 Å². The number of carbonyl (C=O) groups excluding carboxylic acids is 1. The maximum atomic E-state index is 12.9. The minimum absolute atomic E-state index is 0.188. The highest BCUT2D eigenvalue weighted by Crippen LogP contribution is 2.39. The van der Waals surface area contributed by atoms with Crippen molar-refractivity contribution in [3.63, 3.8) is 0 Å². The lowest BCUT2D eigenvalue weighted by atomic mass is 9.72. The van der Waals surface area contributed by atoms with Crippen LogP contribution in [0.25, 0.3) is 0 Å². The third kappa shape index (κ3) is 2.73. The number of nitrogens with one attached hydrogen (secondary N) is 2. The lowest BCUT2D eigenvalue weighted by Gasteiger charge is -2.44. The number of amides is 1. The van der Waals surface area contributed by atoms with Crippen LogP contribution in [0, 0.1) is 10.8 Å².